The van der Waals surface area contributed by atoms with Gasteiger partial charge in [0.25, 0.3) is 0 Å². The second-order valence-electron chi connectivity index (χ2n) is 8.49. The maximum atomic E-state index is 13.5. The predicted octanol–water partition coefficient (Wildman–Crippen LogP) is 5.03. The van der Waals surface area contributed by atoms with E-state index >= 15 is 0 Å². The van der Waals surface area contributed by atoms with Gasteiger partial charge in [0.1, 0.15) is 24.2 Å². The number of nitrogens with zero attached hydrogens (tertiary/aromatic N) is 2. The van der Waals surface area contributed by atoms with E-state index in [-0.39, 0.29) is 23.5 Å². The van der Waals surface area contributed by atoms with Crippen LogP contribution in [-0.4, -0.2) is 47.9 Å². The van der Waals surface area contributed by atoms with E-state index in [0.29, 0.717) is 18.7 Å². The molecule has 1 N–H and O–H groups in total. The van der Waals surface area contributed by atoms with Crippen molar-refractivity contribution in [3.8, 4) is 0 Å². The minimum absolute atomic E-state index is 0.0125. The van der Waals surface area contributed by atoms with E-state index in [1.807, 2.05) is 12.3 Å². The van der Waals surface area contributed by atoms with E-state index in [9.17, 15) is 13.6 Å². The SMILES string of the molecule is O=C(c1ccc(F)cc1)C1C[N+](c2ccc3[nH]ccc3c2)CCN1CCc1ccc(F)cc1. The molecule has 2 heterocycles. The van der Waals surface area contributed by atoms with Crippen molar-refractivity contribution in [2.45, 2.75) is 12.5 Å². The van der Waals surface area contributed by atoms with E-state index in [1.165, 1.54) is 24.3 Å². The van der Waals surface area contributed by atoms with Crippen molar-refractivity contribution in [2.75, 3.05) is 26.2 Å². The number of ketones is 1. The standard InChI is InChI=1S/C27H25F2N3O/c28-22-5-1-19(2-6-22)12-14-31-15-16-32(24-9-10-25-21(17-24)11-13-30-25)18-26(31)27(33)20-3-7-23(29)8-4-20/h1-11,13,17,26,30H,12,14-16,18H2/q+1. The molecule has 5 rings (SSSR count). The Balaban J connectivity index is 1.38. The molecule has 1 fully saturated rings. The number of piperazine rings is 1. The van der Waals surface area contributed by atoms with Gasteiger partial charge in [-0.2, -0.15) is 0 Å². The van der Waals surface area contributed by atoms with Crippen molar-refractivity contribution in [2.24, 2.45) is 0 Å². The lowest BCUT2D eigenvalue weighted by Gasteiger charge is -2.35. The average Bonchev–Trinajstić information content (AvgIpc) is 3.32. The minimum Gasteiger partial charge on any atom is -0.361 e. The van der Waals surface area contributed by atoms with Crippen molar-refractivity contribution in [1.29, 1.82) is 0 Å². The van der Waals surface area contributed by atoms with Gasteiger partial charge in [0.2, 0.25) is 0 Å². The Kier molecular flexibility index (Phi) is 6.03. The number of carbonyl (C=O) groups is 1. The third kappa shape index (κ3) is 4.72. The van der Waals surface area contributed by atoms with Crippen molar-refractivity contribution in [3.05, 3.63) is 102 Å². The summed E-state index contributed by atoms with van der Waals surface area (Å²) in [4.78, 5) is 21.1. The third-order valence-corrected chi connectivity index (χ3v) is 6.43. The van der Waals surface area contributed by atoms with Crippen LogP contribution >= 0.6 is 0 Å². The smallest absolute Gasteiger partial charge is 0.185 e. The Labute approximate surface area is 191 Å². The molecule has 6 heteroatoms. The highest BCUT2D eigenvalue weighted by Gasteiger charge is 2.39. The number of aromatic nitrogens is 1. The van der Waals surface area contributed by atoms with Crippen molar-refractivity contribution in [1.82, 2.24) is 14.8 Å². The fourth-order valence-electron chi connectivity index (χ4n) is 4.54. The Morgan fingerprint density at radius 1 is 0.970 bits per heavy atom. The largest absolute Gasteiger partial charge is 0.361 e. The highest BCUT2D eigenvalue weighted by molar-refractivity contribution is 6.00. The Hall–Kier alpha value is -3.35. The number of rotatable bonds is 6. The number of aromatic amines is 1. The van der Waals surface area contributed by atoms with Crippen LogP contribution < -0.4 is 4.90 Å². The summed E-state index contributed by atoms with van der Waals surface area (Å²) in [6, 6.07) is 20.2. The summed E-state index contributed by atoms with van der Waals surface area (Å²) < 4.78 is 26.7. The number of hydrogen-bond donors (Lipinski definition) is 1. The number of fused-ring (bicyclic) bond motifs is 1. The van der Waals surface area contributed by atoms with E-state index in [1.54, 1.807) is 24.3 Å². The van der Waals surface area contributed by atoms with E-state index < -0.39 is 0 Å². The molecule has 0 amide bonds. The maximum Gasteiger partial charge on any atom is 0.185 e. The molecule has 1 aromatic heterocycles. The molecule has 1 aliphatic heterocycles. The molecular weight excluding hydrogens is 420 g/mol. The van der Waals surface area contributed by atoms with Gasteiger partial charge in [0, 0.05) is 41.3 Å². The number of nitrogens with one attached hydrogen (secondary N) is 1. The highest BCUT2D eigenvalue weighted by Crippen LogP contribution is 2.25. The van der Waals surface area contributed by atoms with Gasteiger partial charge in [-0.05, 0) is 60.5 Å². The quantitative estimate of drug-likeness (QED) is 0.334. The Morgan fingerprint density at radius 2 is 1.70 bits per heavy atom. The monoisotopic (exact) mass is 445 g/mol. The van der Waals surface area contributed by atoms with Gasteiger partial charge in [-0.3, -0.25) is 9.69 Å². The van der Waals surface area contributed by atoms with Gasteiger partial charge < -0.3 is 4.98 Å². The summed E-state index contributed by atoms with van der Waals surface area (Å²) in [6.07, 6.45) is 2.64. The fourth-order valence-corrected chi connectivity index (χ4v) is 4.54. The zero-order chi connectivity index (χ0) is 22.8. The predicted molar refractivity (Wildman–Crippen MR) is 126 cm³/mol. The van der Waals surface area contributed by atoms with Crippen LogP contribution in [0.4, 0.5) is 14.5 Å². The Morgan fingerprint density at radius 3 is 2.45 bits per heavy atom. The molecule has 0 bridgehead atoms. The van der Waals surface area contributed by atoms with Gasteiger partial charge >= 0.3 is 0 Å². The van der Waals surface area contributed by atoms with E-state index in [4.69, 9.17) is 0 Å². The molecule has 1 saturated heterocycles. The van der Waals surface area contributed by atoms with Gasteiger partial charge in [-0.1, -0.05) is 12.1 Å². The van der Waals surface area contributed by atoms with Crippen LogP contribution in [0.5, 0.6) is 0 Å². The second-order valence-corrected chi connectivity index (χ2v) is 8.49. The maximum absolute atomic E-state index is 13.5. The summed E-state index contributed by atoms with van der Waals surface area (Å²) in [7, 11) is 0. The lowest BCUT2D eigenvalue weighted by Crippen LogP contribution is -2.57. The molecule has 167 valence electrons. The number of benzene rings is 3. The summed E-state index contributed by atoms with van der Waals surface area (Å²) in [6.45, 7) is 2.76. The first-order chi connectivity index (χ1) is 16.1. The molecule has 0 saturated carbocycles. The lowest BCUT2D eigenvalue weighted by atomic mass is 9.99. The first-order valence-electron chi connectivity index (χ1n) is 11.2. The van der Waals surface area contributed by atoms with Crippen molar-refractivity contribution in [3.63, 3.8) is 0 Å². The highest BCUT2D eigenvalue weighted by atomic mass is 19.1. The fraction of sp³-hybridized carbons (Fsp3) is 0.222. The molecule has 1 unspecified atom stereocenters. The average molecular weight is 446 g/mol. The van der Waals surface area contributed by atoms with Gasteiger partial charge in [-0.25, -0.2) is 8.78 Å². The molecule has 4 aromatic rings. The Bertz CT molecular complexity index is 1250. The van der Waals surface area contributed by atoms with Gasteiger partial charge in [0.15, 0.2) is 18.0 Å². The summed E-state index contributed by atoms with van der Waals surface area (Å²) in [5, 5.41) is 1.13. The van der Waals surface area contributed by atoms with Crippen LogP contribution in [0.1, 0.15) is 15.9 Å². The van der Waals surface area contributed by atoms with E-state index in [0.717, 1.165) is 41.7 Å². The van der Waals surface area contributed by atoms with Crippen molar-refractivity contribution >= 4 is 22.4 Å². The van der Waals surface area contributed by atoms with Crippen LogP contribution in [0.2, 0.25) is 0 Å². The number of hydrogen-bond acceptors (Lipinski definition) is 3. The molecular formula is C27H25F2N3O+. The van der Waals surface area contributed by atoms with Gasteiger partial charge in [0.05, 0.1) is 6.54 Å². The van der Waals surface area contributed by atoms with Gasteiger partial charge in [-0.15, -0.1) is 4.90 Å². The number of anilines is 1. The number of halogens is 2. The summed E-state index contributed by atoms with van der Waals surface area (Å²) >= 11 is 0. The van der Waals surface area contributed by atoms with Crippen LogP contribution in [0.3, 0.4) is 0 Å². The molecule has 0 spiro atoms. The zero-order valence-electron chi connectivity index (χ0n) is 18.2. The molecule has 1 radical (unpaired) electrons. The second kappa shape index (κ2) is 9.25. The summed E-state index contributed by atoms with van der Waals surface area (Å²) in [5.41, 5.74) is 3.70. The number of Topliss-reactive ketones (excluding diaryl/α,β-unsaturated/α-hetero) is 1. The molecule has 0 aliphatic carbocycles. The summed E-state index contributed by atoms with van der Waals surface area (Å²) in [5.74, 6) is -0.623. The molecule has 3 aromatic carbocycles. The van der Waals surface area contributed by atoms with Crippen LogP contribution in [-0.2, 0) is 6.42 Å². The zero-order valence-corrected chi connectivity index (χ0v) is 18.2. The van der Waals surface area contributed by atoms with Crippen LogP contribution in [0.25, 0.3) is 10.9 Å². The first kappa shape index (κ1) is 21.5. The molecule has 1 atom stereocenters. The lowest BCUT2D eigenvalue weighted by molar-refractivity contribution is 0.0737. The first-order valence-corrected chi connectivity index (χ1v) is 11.2. The van der Waals surface area contributed by atoms with E-state index in [2.05, 4.69) is 33.0 Å². The normalized spacial score (nSPS) is 17.5. The topological polar surface area (TPSA) is 42.0 Å². The molecule has 1 aliphatic rings. The van der Waals surface area contributed by atoms with Crippen molar-refractivity contribution < 1.29 is 13.6 Å². The van der Waals surface area contributed by atoms with Crippen LogP contribution in [0.15, 0.2) is 79.0 Å². The molecule has 33 heavy (non-hydrogen) atoms. The number of carbonyl (C=O) groups excluding carboxylic acids is 1. The molecule has 4 nitrogen and oxygen atoms in total. The third-order valence-electron chi connectivity index (χ3n) is 6.43. The van der Waals surface area contributed by atoms with Crippen LogP contribution in [0, 0.1) is 11.6 Å². The number of H-pyrrole nitrogens is 1. The minimum atomic E-state index is -0.357.